The summed E-state index contributed by atoms with van der Waals surface area (Å²) in [4.78, 5) is 28.7. The lowest BCUT2D eigenvalue weighted by Gasteiger charge is -2.08. The summed E-state index contributed by atoms with van der Waals surface area (Å²) in [6, 6.07) is 0. The molecule has 0 aliphatic carbocycles. The summed E-state index contributed by atoms with van der Waals surface area (Å²) in [6.07, 6.45) is 3.10. The van der Waals surface area contributed by atoms with Crippen LogP contribution in [0, 0.1) is 0 Å². The van der Waals surface area contributed by atoms with Gasteiger partial charge < -0.3 is 10.3 Å². The van der Waals surface area contributed by atoms with Gasteiger partial charge in [-0.15, -0.1) is 0 Å². The first-order valence-corrected chi connectivity index (χ1v) is 6.46. The zero-order chi connectivity index (χ0) is 14.0. The highest BCUT2D eigenvalue weighted by Crippen LogP contribution is 2.05. The van der Waals surface area contributed by atoms with Crippen molar-refractivity contribution in [3.8, 4) is 0 Å². The van der Waals surface area contributed by atoms with Crippen molar-refractivity contribution in [3.05, 3.63) is 27.2 Å². The summed E-state index contributed by atoms with van der Waals surface area (Å²) in [5.74, 6) is 0. The first kappa shape index (κ1) is 13.5. The monoisotopic (exact) mass is 265 g/mol. The Bertz CT molecular complexity index is 694. The molecule has 0 saturated heterocycles. The Kier molecular flexibility index (Phi) is 3.84. The normalized spacial score (nSPS) is 11.3. The highest BCUT2D eigenvalue weighted by Gasteiger charge is 2.14. The van der Waals surface area contributed by atoms with Crippen LogP contribution in [-0.2, 0) is 20.1 Å². The number of hydrogen-bond donors (Lipinski definition) is 1. The number of unbranched alkanes of at least 4 members (excludes halogenated alkanes) is 1. The van der Waals surface area contributed by atoms with Gasteiger partial charge in [-0.05, 0) is 26.3 Å². The smallest absolute Gasteiger partial charge is 0.330 e. The van der Waals surface area contributed by atoms with E-state index in [-0.39, 0.29) is 11.2 Å². The number of aryl methyl sites for hydroxylation is 2. The molecule has 0 saturated carbocycles. The molecule has 0 aliphatic heterocycles. The van der Waals surface area contributed by atoms with E-state index < -0.39 is 0 Å². The van der Waals surface area contributed by atoms with E-state index >= 15 is 0 Å². The van der Waals surface area contributed by atoms with Crippen molar-refractivity contribution >= 4 is 11.2 Å². The van der Waals surface area contributed by atoms with Crippen LogP contribution >= 0.6 is 0 Å². The molecule has 0 unspecified atom stereocenters. The Balaban J connectivity index is 2.63. The van der Waals surface area contributed by atoms with Gasteiger partial charge in [0, 0.05) is 20.1 Å². The molecule has 7 heteroatoms. The second kappa shape index (κ2) is 5.40. The minimum atomic E-state index is -0.323. The average Bonchev–Trinajstić information content (AvgIpc) is 2.84. The Labute approximate surface area is 110 Å². The van der Waals surface area contributed by atoms with Gasteiger partial charge in [-0.1, -0.05) is 0 Å². The van der Waals surface area contributed by atoms with E-state index in [0.29, 0.717) is 30.8 Å². The van der Waals surface area contributed by atoms with Crippen molar-refractivity contribution in [2.45, 2.75) is 32.9 Å². The molecule has 0 fully saturated rings. The Hall–Kier alpha value is -1.89. The molecule has 0 atom stereocenters. The molecule has 104 valence electrons. The molecular formula is C12H19N5O2. The molecule has 0 amide bonds. The average molecular weight is 265 g/mol. The summed E-state index contributed by atoms with van der Waals surface area (Å²) in [5.41, 5.74) is 5.76. The highest BCUT2D eigenvalue weighted by atomic mass is 16.2. The third-order valence-electron chi connectivity index (χ3n) is 3.28. The number of fused-ring (bicyclic) bond motifs is 1. The largest absolute Gasteiger partial charge is 0.332 e. The summed E-state index contributed by atoms with van der Waals surface area (Å²) < 4.78 is 4.45. The molecule has 2 rings (SSSR count). The van der Waals surface area contributed by atoms with Gasteiger partial charge in [0.15, 0.2) is 11.2 Å². The predicted molar refractivity (Wildman–Crippen MR) is 73.2 cm³/mol. The van der Waals surface area contributed by atoms with Crippen molar-refractivity contribution < 1.29 is 0 Å². The Morgan fingerprint density at radius 3 is 2.68 bits per heavy atom. The van der Waals surface area contributed by atoms with Crippen LogP contribution in [0.3, 0.4) is 0 Å². The number of nitrogens with zero attached hydrogens (tertiary/aromatic N) is 4. The molecule has 2 aromatic heterocycles. The molecule has 0 bridgehead atoms. The van der Waals surface area contributed by atoms with Crippen LogP contribution in [0.5, 0.6) is 0 Å². The summed E-state index contributed by atoms with van der Waals surface area (Å²) >= 11 is 0. The van der Waals surface area contributed by atoms with Gasteiger partial charge >= 0.3 is 5.69 Å². The van der Waals surface area contributed by atoms with E-state index in [4.69, 9.17) is 5.73 Å². The van der Waals surface area contributed by atoms with Crippen LogP contribution in [0.15, 0.2) is 15.9 Å². The zero-order valence-corrected chi connectivity index (χ0v) is 11.3. The van der Waals surface area contributed by atoms with Crippen LogP contribution in [0.1, 0.15) is 19.8 Å². The van der Waals surface area contributed by atoms with Crippen molar-refractivity contribution in [1.82, 2.24) is 18.7 Å². The van der Waals surface area contributed by atoms with Gasteiger partial charge in [0.25, 0.3) is 5.56 Å². The van der Waals surface area contributed by atoms with Crippen LogP contribution in [0.2, 0.25) is 0 Å². The molecule has 0 spiro atoms. The Morgan fingerprint density at radius 2 is 2.05 bits per heavy atom. The van der Waals surface area contributed by atoms with Crippen molar-refractivity contribution in [2.24, 2.45) is 12.8 Å². The van der Waals surface area contributed by atoms with E-state index in [1.165, 1.54) is 9.13 Å². The standard InChI is InChI=1S/C12H19N5O2/c1-3-16-8-14-10-9(16)11(18)17(7-5-4-6-13)12(19)15(10)2/h8H,3-7,13H2,1-2H3. The van der Waals surface area contributed by atoms with Crippen LogP contribution in [-0.4, -0.2) is 25.2 Å². The first-order valence-electron chi connectivity index (χ1n) is 6.46. The fourth-order valence-electron chi connectivity index (χ4n) is 2.17. The fraction of sp³-hybridized carbons (Fsp3) is 0.583. The number of imidazole rings is 1. The van der Waals surface area contributed by atoms with Gasteiger partial charge in [0.1, 0.15) is 0 Å². The minimum Gasteiger partial charge on any atom is -0.330 e. The second-order valence-corrected chi connectivity index (χ2v) is 4.50. The molecule has 2 N–H and O–H groups in total. The number of rotatable bonds is 5. The number of hydrogen-bond acceptors (Lipinski definition) is 4. The van der Waals surface area contributed by atoms with E-state index in [2.05, 4.69) is 4.98 Å². The topological polar surface area (TPSA) is 87.8 Å². The molecule has 0 radical (unpaired) electrons. The van der Waals surface area contributed by atoms with Gasteiger partial charge in [0.05, 0.1) is 6.33 Å². The molecule has 19 heavy (non-hydrogen) atoms. The van der Waals surface area contributed by atoms with E-state index in [1.54, 1.807) is 17.9 Å². The van der Waals surface area contributed by atoms with E-state index in [1.807, 2.05) is 6.92 Å². The third kappa shape index (κ3) is 2.21. The first-order chi connectivity index (χ1) is 9.11. The Morgan fingerprint density at radius 1 is 1.32 bits per heavy atom. The van der Waals surface area contributed by atoms with Gasteiger partial charge in [-0.25, -0.2) is 9.78 Å². The summed E-state index contributed by atoms with van der Waals surface area (Å²) in [7, 11) is 1.64. The van der Waals surface area contributed by atoms with E-state index in [9.17, 15) is 9.59 Å². The van der Waals surface area contributed by atoms with Crippen molar-refractivity contribution in [3.63, 3.8) is 0 Å². The zero-order valence-electron chi connectivity index (χ0n) is 11.3. The lowest BCUT2D eigenvalue weighted by Crippen LogP contribution is -2.39. The van der Waals surface area contributed by atoms with Crippen molar-refractivity contribution in [1.29, 1.82) is 0 Å². The van der Waals surface area contributed by atoms with Crippen LogP contribution in [0.25, 0.3) is 11.2 Å². The molecule has 2 aromatic rings. The quantitative estimate of drug-likeness (QED) is 0.749. The maximum Gasteiger partial charge on any atom is 0.332 e. The highest BCUT2D eigenvalue weighted by molar-refractivity contribution is 5.69. The predicted octanol–water partition coefficient (Wildman–Crippen LogP) is -0.344. The van der Waals surface area contributed by atoms with Gasteiger partial charge in [-0.2, -0.15) is 0 Å². The SMILES string of the molecule is CCn1cnc2c1c(=O)n(CCCCN)c(=O)n2C. The van der Waals surface area contributed by atoms with Gasteiger partial charge in [-0.3, -0.25) is 13.9 Å². The second-order valence-electron chi connectivity index (χ2n) is 4.50. The van der Waals surface area contributed by atoms with Gasteiger partial charge in [0.2, 0.25) is 0 Å². The summed E-state index contributed by atoms with van der Waals surface area (Å²) in [5, 5.41) is 0. The summed E-state index contributed by atoms with van der Waals surface area (Å²) in [6.45, 7) is 3.54. The van der Waals surface area contributed by atoms with Crippen LogP contribution < -0.4 is 17.0 Å². The lowest BCUT2D eigenvalue weighted by molar-refractivity contribution is 0.556. The number of aromatic nitrogens is 4. The molecule has 0 aromatic carbocycles. The van der Waals surface area contributed by atoms with Crippen LogP contribution in [0.4, 0.5) is 0 Å². The third-order valence-corrected chi connectivity index (χ3v) is 3.28. The van der Waals surface area contributed by atoms with Crippen molar-refractivity contribution in [2.75, 3.05) is 6.54 Å². The number of nitrogens with two attached hydrogens (primary N) is 1. The molecule has 2 heterocycles. The molecule has 0 aliphatic rings. The fourth-order valence-corrected chi connectivity index (χ4v) is 2.17. The maximum atomic E-state index is 12.4. The van der Waals surface area contributed by atoms with E-state index in [0.717, 1.165) is 12.8 Å². The lowest BCUT2D eigenvalue weighted by atomic mass is 10.3. The maximum absolute atomic E-state index is 12.4. The minimum absolute atomic E-state index is 0.269. The molecular weight excluding hydrogens is 246 g/mol. The molecule has 7 nitrogen and oxygen atoms in total.